The number of nitro benzene ring substituents is 2. The van der Waals surface area contributed by atoms with E-state index in [1.54, 1.807) is 103 Å². The van der Waals surface area contributed by atoms with Gasteiger partial charge in [0, 0.05) is 41.2 Å². The van der Waals surface area contributed by atoms with Gasteiger partial charge >= 0.3 is 5.97 Å². The Bertz CT molecular complexity index is 3530. The van der Waals surface area contributed by atoms with E-state index in [0.717, 1.165) is 52.9 Å². The number of carbonyl (C=O) groups excluding carboxylic acids is 2. The molecule has 9 aromatic rings. The van der Waals surface area contributed by atoms with Crippen LogP contribution in [0.25, 0.3) is 50.2 Å². The zero-order chi connectivity index (χ0) is 43.2. The molecule has 0 radical (unpaired) electrons. The van der Waals surface area contributed by atoms with Gasteiger partial charge in [0.05, 0.1) is 43.0 Å². The molecule has 0 bridgehead atoms. The lowest BCUT2D eigenvalue weighted by Gasteiger charge is -2.20. The van der Waals surface area contributed by atoms with Gasteiger partial charge < -0.3 is 4.74 Å². The highest BCUT2D eigenvalue weighted by atomic mass is 16.6. The van der Waals surface area contributed by atoms with E-state index in [0.29, 0.717) is 16.9 Å². The number of benzene rings is 6. The largest absolute Gasteiger partial charge is 0.421 e. The first-order chi connectivity index (χ1) is 30.0. The van der Waals surface area contributed by atoms with Crippen molar-refractivity contribution in [1.29, 1.82) is 0 Å². The number of esters is 1. The number of para-hydroxylation sites is 6. The van der Waals surface area contributed by atoms with Crippen LogP contribution in [0.5, 0.6) is 5.75 Å². The van der Waals surface area contributed by atoms with Gasteiger partial charge in [-0.05, 0) is 72.8 Å². The number of ketones is 1. The first kappa shape index (κ1) is 38.3. The summed E-state index contributed by atoms with van der Waals surface area (Å²) in [6.07, 6.45) is 0. The number of hydrogen-bond acceptors (Lipinski definition) is 11. The number of nitrogens with zero attached hydrogens (tertiary/aromatic N) is 6. The molecule has 0 saturated carbocycles. The van der Waals surface area contributed by atoms with Crippen LogP contribution in [0.15, 0.2) is 172 Å². The Labute approximate surface area is 346 Å². The maximum absolute atomic E-state index is 15.5. The van der Waals surface area contributed by atoms with Crippen LogP contribution in [0.1, 0.15) is 26.3 Å². The Balaban J connectivity index is 1.49. The fourth-order valence-electron chi connectivity index (χ4n) is 7.38. The highest BCUT2D eigenvalue weighted by molar-refractivity contribution is 6.17. The lowest BCUT2D eigenvalue weighted by atomic mass is 9.97. The van der Waals surface area contributed by atoms with E-state index in [1.165, 1.54) is 15.2 Å². The van der Waals surface area contributed by atoms with Gasteiger partial charge in [0.1, 0.15) is 16.8 Å². The molecule has 0 fully saturated rings. The summed E-state index contributed by atoms with van der Waals surface area (Å²) >= 11 is 0. The lowest BCUT2D eigenvalue weighted by molar-refractivity contribution is -0.385. The van der Waals surface area contributed by atoms with E-state index in [-0.39, 0.29) is 39.1 Å². The molecule has 0 unspecified atom stereocenters. The third kappa shape index (κ3) is 6.36. The van der Waals surface area contributed by atoms with E-state index >= 15 is 19.2 Å². The second kappa shape index (κ2) is 15.2. The summed E-state index contributed by atoms with van der Waals surface area (Å²) in [7, 11) is 0. The average molecular weight is 823 g/mol. The molecule has 6 aromatic carbocycles. The van der Waals surface area contributed by atoms with Crippen LogP contribution in [-0.4, -0.2) is 40.1 Å². The Morgan fingerprint density at radius 1 is 0.532 bits per heavy atom. The molecule has 16 nitrogen and oxygen atoms in total. The maximum Gasteiger partial charge on any atom is 0.343 e. The number of non-ortho nitro benzene ring substituents is 2. The molecule has 0 saturated heterocycles. The Morgan fingerprint density at radius 3 is 1.58 bits per heavy atom. The average Bonchev–Trinajstić information content (AvgIpc) is 3.29. The van der Waals surface area contributed by atoms with Crippen LogP contribution in [0.4, 0.5) is 11.4 Å². The minimum Gasteiger partial charge on any atom is -0.421 e. The summed E-state index contributed by atoms with van der Waals surface area (Å²) in [5, 5.41) is 23.1. The summed E-state index contributed by atoms with van der Waals surface area (Å²) < 4.78 is 9.59. The molecule has 0 aliphatic carbocycles. The zero-order valence-electron chi connectivity index (χ0n) is 31.8. The summed E-state index contributed by atoms with van der Waals surface area (Å²) in [5.74, 6) is -3.08. The lowest BCUT2D eigenvalue weighted by Crippen LogP contribution is -2.33. The van der Waals surface area contributed by atoms with Crippen molar-refractivity contribution in [2.24, 2.45) is 0 Å². The van der Waals surface area contributed by atoms with Gasteiger partial charge in [0.25, 0.3) is 28.1 Å². The van der Waals surface area contributed by atoms with E-state index in [1.807, 2.05) is 0 Å². The number of carbonyl (C=O) groups is 2. The molecule has 0 spiro atoms. The first-order valence-electron chi connectivity index (χ1n) is 18.7. The van der Waals surface area contributed by atoms with Crippen molar-refractivity contribution in [3.05, 3.63) is 226 Å². The SMILES string of the molecule is O=C(Oc1c(-c2nc3ccccc3n(-c3ccccc3)c2=O)c(=O)n2c(c1C(=O)c1ccc([N+](=O)[O-])cc1)c(=O)n(-c1ccccc1)c1ccccc12)c1ccc([N+](=O)[O-])cc1. The fourth-order valence-corrected chi connectivity index (χ4v) is 7.38. The Morgan fingerprint density at radius 2 is 1.02 bits per heavy atom. The van der Waals surface area contributed by atoms with Crippen molar-refractivity contribution in [2.45, 2.75) is 0 Å². The molecule has 0 aliphatic rings. The van der Waals surface area contributed by atoms with E-state index < -0.39 is 66.4 Å². The monoisotopic (exact) mass is 822 g/mol. The molecule has 62 heavy (non-hydrogen) atoms. The molecule has 9 rings (SSSR count). The highest BCUT2D eigenvalue weighted by Crippen LogP contribution is 2.36. The fraction of sp³-hybridized carbons (Fsp3) is 0. The molecule has 3 heterocycles. The van der Waals surface area contributed by atoms with Crippen LogP contribution < -0.4 is 21.4 Å². The van der Waals surface area contributed by atoms with Crippen LogP contribution in [0.2, 0.25) is 0 Å². The van der Waals surface area contributed by atoms with Crippen LogP contribution >= 0.6 is 0 Å². The van der Waals surface area contributed by atoms with Gasteiger partial charge in [0.2, 0.25) is 0 Å². The van der Waals surface area contributed by atoms with Gasteiger partial charge in [-0.2, -0.15) is 0 Å². The molecule has 0 aliphatic heterocycles. The highest BCUT2D eigenvalue weighted by Gasteiger charge is 2.34. The summed E-state index contributed by atoms with van der Waals surface area (Å²) in [5.41, 5.74) is -4.90. The van der Waals surface area contributed by atoms with Crippen LogP contribution in [0.3, 0.4) is 0 Å². The van der Waals surface area contributed by atoms with E-state index in [9.17, 15) is 25.0 Å². The van der Waals surface area contributed by atoms with Gasteiger partial charge in [-0.15, -0.1) is 0 Å². The second-order valence-corrected chi connectivity index (χ2v) is 13.8. The van der Waals surface area contributed by atoms with E-state index in [2.05, 4.69) is 4.98 Å². The van der Waals surface area contributed by atoms with Gasteiger partial charge in [-0.3, -0.25) is 52.9 Å². The van der Waals surface area contributed by atoms with Crippen molar-refractivity contribution in [2.75, 3.05) is 0 Å². The summed E-state index contributed by atoms with van der Waals surface area (Å²) in [6, 6.07) is 38.4. The number of rotatable bonds is 9. The number of nitro groups is 2. The van der Waals surface area contributed by atoms with Crippen molar-refractivity contribution in [1.82, 2.24) is 18.5 Å². The minimum atomic E-state index is -1.23. The third-order valence-corrected chi connectivity index (χ3v) is 10.2. The van der Waals surface area contributed by atoms with Crippen molar-refractivity contribution in [3.63, 3.8) is 0 Å². The van der Waals surface area contributed by atoms with Crippen molar-refractivity contribution in [3.8, 4) is 28.4 Å². The Hall–Kier alpha value is -9.18. The van der Waals surface area contributed by atoms with Crippen molar-refractivity contribution >= 4 is 50.7 Å². The minimum absolute atomic E-state index is 0.104. The number of fused-ring (bicyclic) bond motifs is 4. The van der Waals surface area contributed by atoms with E-state index in [4.69, 9.17) is 4.74 Å². The predicted octanol–water partition coefficient (Wildman–Crippen LogP) is 7.24. The summed E-state index contributed by atoms with van der Waals surface area (Å²) in [4.78, 5) is 102. The topological polar surface area (TPSA) is 208 Å². The molecule has 16 heteroatoms. The number of ether oxygens (including phenoxy) is 1. The second-order valence-electron chi connectivity index (χ2n) is 13.8. The normalized spacial score (nSPS) is 11.2. The van der Waals surface area contributed by atoms with Crippen molar-refractivity contribution < 1.29 is 24.2 Å². The zero-order valence-corrected chi connectivity index (χ0v) is 31.8. The number of pyridine rings is 1. The molecular formula is C46H26N6O10. The van der Waals surface area contributed by atoms with Gasteiger partial charge in [0.15, 0.2) is 11.5 Å². The molecule has 0 amide bonds. The molecule has 300 valence electrons. The first-order valence-corrected chi connectivity index (χ1v) is 18.7. The van der Waals surface area contributed by atoms with Gasteiger partial charge in [-0.1, -0.05) is 60.7 Å². The van der Waals surface area contributed by atoms with Gasteiger partial charge in [-0.25, -0.2) is 9.78 Å². The number of aromatic nitrogens is 4. The predicted molar refractivity (Wildman–Crippen MR) is 228 cm³/mol. The molecule has 0 atom stereocenters. The molecule has 3 aromatic heterocycles. The molecular weight excluding hydrogens is 797 g/mol. The molecule has 0 N–H and O–H groups in total. The quantitative estimate of drug-likeness (QED) is 0.0466. The summed E-state index contributed by atoms with van der Waals surface area (Å²) in [6.45, 7) is 0. The van der Waals surface area contributed by atoms with Crippen LogP contribution in [0, 0.1) is 20.2 Å². The standard InChI is InChI=1S/C46H26N6O10/c53-41(27-19-23-31(24-20-27)51(58)59)38-40-45(56)49(30-13-5-2-6-14-30)35-17-9-10-18-36(35)50(40)43(54)37(42(38)62-46(57)28-21-25-32(26-22-28)52(60)61)39-44(55)48(29-11-3-1-4-12-29)34-16-8-7-15-33(34)47-39/h1-26H. The third-order valence-electron chi connectivity index (χ3n) is 10.2. The van der Waals surface area contributed by atoms with Crippen LogP contribution in [-0.2, 0) is 0 Å². The number of hydrogen-bond donors (Lipinski definition) is 0. The Kier molecular flexibility index (Phi) is 9.40. The maximum atomic E-state index is 15.5. The smallest absolute Gasteiger partial charge is 0.343 e.